The van der Waals surface area contributed by atoms with Gasteiger partial charge in [0.2, 0.25) is 0 Å². The van der Waals surface area contributed by atoms with Gasteiger partial charge >= 0.3 is 0 Å². The van der Waals surface area contributed by atoms with E-state index in [2.05, 4.69) is 104 Å². The monoisotopic (exact) mass is 663 g/mol. The molecule has 0 amide bonds. The number of aromatic nitrogens is 3. The van der Waals surface area contributed by atoms with E-state index in [0.717, 1.165) is 11.0 Å². The summed E-state index contributed by atoms with van der Waals surface area (Å²) in [5.41, 5.74) is 4.62. The third kappa shape index (κ3) is 2.88. The Bertz CT molecular complexity index is 1990. The number of benzene rings is 3. The Morgan fingerprint density at radius 1 is 0.714 bits per heavy atom. The Morgan fingerprint density at radius 2 is 1.37 bits per heavy atom. The van der Waals surface area contributed by atoms with Crippen LogP contribution in [0.1, 0.15) is 0 Å². The fraction of sp³-hybridized carbons (Fsp3) is 0. The molecule has 169 valence electrons. The van der Waals surface area contributed by atoms with E-state index in [1.165, 1.54) is 52.9 Å². The summed E-state index contributed by atoms with van der Waals surface area (Å²) in [6.45, 7) is 0. The van der Waals surface area contributed by atoms with E-state index < -0.39 is 0 Å². The van der Waals surface area contributed by atoms with Crippen molar-refractivity contribution in [2.45, 2.75) is 0 Å². The van der Waals surface area contributed by atoms with E-state index in [1.54, 1.807) is 11.3 Å². The second-order valence-electron chi connectivity index (χ2n) is 8.43. The Morgan fingerprint density at radius 3 is 2.11 bits per heavy atom. The molecule has 0 spiro atoms. The van der Waals surface area contributed by atoms with Crippen molar-refractivity contribution in [2.75, 3.05) is 0 Å². The molecule has 5 heterocycles. The van der Waals surface area contributed by atoms with E-state index >= 15 is 0 Å². The van der Waals surface area contributed by atoms with Crippen LogP contribution in [0.15, 0.2) is 97.3 Å². The van der Waals surface area contributed by atoms with Crippen molar-refractivity contribution >= 4 is 71.8 Å². The van der Waals surface area contributed by atoms with Gasteiger partial charge in [-0.15, -0.1) is 16.7 Å². The molecule has 6 heteroatoms. The Hall–Kier alpha value is -3.28. The van der Waals surface area contributed by atoms with Gasteiger partial charge in [0.1, 0.15) is 0 Å². The predicted molar refractivity (Wildman–Crippen MR) is 145 cm³/mol. The molecule has 0 saturated carbocycles. The maximum atomic E-state index is 4.66. The summed E-state index contributed by atoms with van der Waals surface area (Å²) in [5, 5.41) is 10.9. The van der Waals surface area contributed by atoms with Crippen LogP contribution in [0.3, 0.4) is 0 Å². The Kier molecular flexibility index (Phi) is 4.73. The molecule has 8 rings (SSSR count). The number of thiophene rings is 2. The number of pyridine rings is 1. The van der Waals surface area contributed by atoms with Crippen molar-refractivity contribution in [1.29, 1.82) is 0 Å². The summed E-state index contributed by atoms with van der Waals surface area (Å²) in [5.74, 6) is 0. The zero-order valence-electron chi connectivity index (χ0n) is 18.2. The van der Waals surface area contributed by atoms with Crippen LogP contribution in [-0.4, -0.2) is 14.0 Å². The van der Waals surface area contributed by atoms with Gasteiger partial charge in [-0.2, -0.15) is 0 Å². The number of rotatable bonds is 2. The molecular weight excluding hydrogens is 647 g/mol. The quantitative estimate of drug-likeness (QED) is 0.171. The average Bonchev–Trinajstić information content (AvgIpc) is 3.67. The standard InChI is InChI=1S/C29H16N3S2.Ir/c1-5-11-23-18(7-1)19-8-2-6-12-24(19)32(23)26-14-13-25(34-26)28-27-20-9-3-4-10-22(20)31-16-15-30-29(31)21(27)17-33-28;/h1-16H;/q-1;. The van der Waals surface area contributed by atoms with Crippen LogP contribution in [0.4, 0.5) is 0 Å². The molecule has 3 aromatic carbocycles. The molecule has 35 heavy (non-hydrogen) atoms. The molecule has 0 bridgehead atoms. The molecule has 0 aliphatic heterocycles. The molecule has 3 nitrogen and oxygen atoms in total. The minimum atomic E-state index is 0. The molecule has 5 aromatic heterocycles. The smallest absolute Gasteiger partial charge is 0.0997 e. The second-order valence-corrected chi connectivity index (χ2v) is 10.3. The zero-order chi connectivity index (χ0) is 22.2. The first-order valence-corrected chi connectivity index (χ1v) is 12.8. The molecule has 1 radical (unpaired) electrons. The van der Waals surface area contributed by atoms with Gasteiger partial charge in [-0.1, -0.05) is 76.3 Å². The van der Waals surface area contributed by atoms with Gasteiger partial charge in [-0.05, 0) is 34.5 Å². The Labute approximate surface area is 222 Å². The third-order valence-electron chi connectivity index (χ3n) is 6.65. The molecule has 0 fully saturated rings. The van der Waals surface area contributed by atoms with Crippen LogP contribution < -0.4 is 0 Å². The largest absolute Gasteiger partial charge is 0.340 e. The van der Waals surface area contributed by atoms with Gasteiger partial charge in [0.25, 0.3) is 0 Å². The van der Waals surface area contributed by atoms with Gasteiger partial charge < -0.3 is 8.97 Å². The van der Waals surface area contributed by atoms with Crippen LogP contribution in [-0.2, 0) is 20.1 Å². The van der Waals surface area contributed by atoms with Crippen LogP contribution in [0.25, 0.3) is 63.9 Å². The van der Waals surface area contributed by atoms with E-state index in [9.17, 15) is 0 Å². The summed E-state index contributed by atoms with van der Waals surface area (Å²) in [6.07, 6.45) is 3.91. The van der Waals surface area contributed by atoms with Gasteiger partial charge in [0, 0.05) is 48.8 Å². The van der Waals surface area contributed by atoms with Crippen molar-refractivity contribution in [3.05, 3.63) is 103 Å². The number of imidazole rings is 1. The molecule has 0 atom stereocenters. The van der Waals surface area contributed by atoms with Gasteiger partial charge in [-0.25, -0.2) is 0 Å². The second kappa shape index (κ2) is 7.87. The minimum Gasteiger partial charge on any atom is -0.340 e. The maximum Gasteiger partial charge on any atom is 0.0997 e. The third-order valence-corrected chi connectivity index (χ3v) is 8.80. The fourth-order valence-electron chi connectivity index (χ4n) is 5.21. The van der Waals surface area contributed by atoms with Crippen molar-refractivity contribution in [1.82, 2.24) is 14.0 Å². The summed E-state index contributed by atoms with van der Waals surface area (Å²) in [6, 6.07) is 30.4. The number of hydrogen-bond acceptors (Lipinski definition) is 3. The predicted octanol–water partition coefficient (Wildman–Crippen LogP) is 8.33. The molecule has 8 aromatic rings. The van der Waals surface area contributed by atoms with E-state index in [-0.39, 0.29) is 20.1 Å². The summed E-state index contributed by atoms with van der Waals surface area (Å²) in [7, 11) is 0. The zero-order valence-corrected chi connectivity index (χ0v) is 22.3. The molecular formula is C29H16IrN3S2-. The van der Waals surface area contributed by atoms with Crippen molar-refractivity contribution in [3.8, 4) is 14.8 Å². The topological polar surface area (TPSA) is 22.2 Å². The van der Waals surface area contributed by atoms with Crippen LogP contribution in [0.2, 0.25) is 0 Å². The van der Waals surface area contributed by atoms with Crippen LogP contribution in [0.5, 0.6) is 0 Å². The maximum absolute atomic E-state index is 4.66. The summed E-state index contributed by atoms with van der Waals surface area (Å²) in [4.78, 5) is 7.17. The van der Waals surface area contributed by atoms with Gasteiger partial charge in [0.15, 0.2) is 0 Å². The number of fused-ring (bicyclic) bond motifs is 9. The van der Waals surface area contributed by atoms with Crippen molar-refractivity contribution < 1.29 is 20.1 Å². The molecule has 0 unspecified atom stereocenters. The first-order chi connectivity index (χ1) is 16.9. The first-order valence-electron chi connectivity index (χ1n) is 11.2. The average molecular weight is 663 g/mol. The molecule has 0 aliphatic rings. The Balaban J connectivity index is 0.00000210. The van der Waals surface area contributed by atoms with E-state index in [4.69, 9.17) is 0 Å². The normalized spacial score (nSPS) is 11.8. The van der Waals surface area contributed by atoms with E-state index in [0.29, 0.717) is 0 Å². The number of hydrogen-bond donors (Lipinski definition) is 0. The first kappa shape index (κ1) is 21.0. The summed E-state index contributed by atoms with van der Waals surface area (Å²) < 4.78 is 4.56. The van der Waals surface area contributed by atoms with Gasteiger partial charge in [0.05, 0.1) is 21.7 Å². The molecule has 0 saturated heterocycles. The van der Waals surface area contributed by atoms with Crippen molar-refractivity contribution in [2.24, 2.45) is 0 Å². The fourth-order valence-corrected chi connectivity index (χ4v) is 7.32. The van der Waals surface area contributed by atoms with Gasteiger partial charge in [-0.3, -0.25) is 16.3 Å². The summed E-state index contributed by atoms with van der Waals surface area (Å²) >= 11 is 3.52. The van der Waals surface area contributed by atoms with E-state index in [1.807, 2.05) is 23.7 Å². The minimum absolute atomic E-state index is 0. The number of para-hydroxylation sites is 3. The molecule has 0 aliphatic carbocycles. The SMILES string of the molecule is [Ir].[c-]1sc(-c2ccc(-n3c4ccccc4c4ccccc43)s2)c2c1c1nccn1c1ccccc21. The van der Waals surface area contributed by atoms with Crippen LogP contribution >= 0.6 is 22.7 Å². The van der Waals surface area contributed by atoms with Crippen LogP contribution in [0, 0.1) is 5.38 Å². The van der Waals surface area contributed by atoms with Crippen molar-refractivity contribution in [3.63, 3.8) is 0 Å². The molecule has 0 N–H and O–H groups in total. The number of nitrogens with zero attached hydrogens (tertiary/aromatic N) is 3.